The van der Waals surface area contributed by atoms with Crippen LogP contribution in [0.15, 0.2) is 66.7 Å². The number of benzene rings is 2. The van der Waals surface area contributed by atoms with E-state index < -0.39 is 7.37 Å². The maximum atomic E-state index is 13.8. The molecule has 1 aromatic heterocycles. The van der Waals surface area contributed by atoms with Gasteiger partial charge in [-0.3, -0.25) is 4.57 Å². The van der Waals surface area contributed by atoms with E-state index in [0.717, 1.165) is 22.6 Å². The molecule has 3 rings (SSSR count). The van der Waals surface area contributed by atoms with Crippen LogP contribution < -0.4 is 15.5 Å². The summed E-state index contributed by atoms with van der Waals surface area (Å²) in [5, 5.41) is 1.15. The Balaban J connectivity index is 2.04. The fourth-order valence-corrected chi connectivity index (χ4v) is 5.09. The third-order valence-electron chi connectivity index (χ3n) is 4.15. The van der Waals surface area contributed by atoms with Crippen molar-refractivity contribution >= 4 is 34.0 Å². The van der Waals surface area contributed by atoms with Crippen molar-refractivity contribution in [3.8, 4) is 17.6 Å². The van der Waals surface area contributed by atoms with E-state index in [2.05, 4.69) is 32.8 Å². The molecule has 1 atom stereocenters. The largest absolute Gasteiger partial charge is 0.497 e. The Morgan fingerprint density at radius 1 is 1.00 bits per heavy atom. The lowest BCUT2D eigenvalue weighted by atomic mass is 10.2. The highest BCUT2D eigenvalue weighted by Crippen LogP contribution is 2.44. The van der Waals surface area contributed by atoms with Gasteiger partial charge in [0.1, 0.15) is 11.2 Å². The zero-order valence-electron chi connectivity index (χ0n) is 16.3. The van der Waals surface area contributed by atoms with Crippen molar-refractivity contribution in [2.24, 2.45) is 0 Å². The van der Waals surface area contributed by atoms with Crippen LogP contribution in [-0.2, 0) is 14.4 Å². The number of alkyl halides is 1. The van der Waals surface area contributed by atoms with Crippen molar-refractivity contribution in [2.75, 3.05) is 13.7 Å². The molecular weight excluding hydrogens is 449 g/mol. The first-order valence-electron chi connectivity index (χ1n) is 9.13. The lowest BCUT2D eigenvalue weighted by Gasteiger charge is -2.18. The fourth-order valence-electron chi connectivity index (χ4n) is 2.76. The van der Waals surface area contributed by atoms with Gasteiger partial charge < -0.3 is 9.26 Å². The quantitative estimate of drug-likeness (QED) is 0.299. The third-order valence-corrected chi connectivity index (χ3v) is 7.16. The van der Waals surface area contributed by atoms with Gasteiger partial charge in [-0.1, -0.05) is 46.0 Å². The summed E-state index contributed by atoms with van der Waals surface area (Å²) in [6.45, 7) is 2.15. The first kappa shape index (κ1) is 21.3. The van der Waals surface area contributed by atoms with Crippen LogP contribution in [0, 0.1) is 11.8 Å². The summed E-state index contributed by atoms with van der Waals surface area (Å²) < 4.78 is 24.8. The molecule has 0 aliphatic rings. The Labute approximate surface area is 179 Å². The van der Waals surface area contributed by atoms with E-state index in [1.807, 2.05) is 67.6 Å². The van der Waals surface area contributed by atoms with Crippen molar-refractivity contribution in [1.29, 1.82) is 0 Å². The summed E-state index contributed by atoms with van der Waals surface area (Å²) in [5.74, 6) is 7.07. The number of ether oxygens (including phenoxy) is 1. The second-order valence-electron chi connectivity index (χ2n) is 6.12. The summed E-state index contributed by atoms with van der Waals surface area (Å²) in [6, 6.07) is 20.4. The van der Waals surface area contributed by atoms with Gasteiger partial charge in [-0.2, -0.15) is 0 Å². The molecule has 2 aromatic carbocycles. The van der Waals surface area contributed by atoms with Crippen LogP contribution in [0.2, 0.25) is 0 Å². The molecule has 0 saturated carbocycles. The molecule has 0 amide bonds. The van der Waals surface area contributed by atoms with Crippen LogP contribution in [0.3, 0.4) is 0 Å². The molecule has 0 radical (unpaired) electrons. The Morgan fingerprint density at radius 2 is 1.69 bits per heavy atom. The van der Waals surface area contributed by atoms with Gasteiger partial charge in [-0.25, -0.2) is 4.98 Å². The maximum absolute atomic E-state index is 13.8. The van der Waals surface area contributed by atoms with Gasteiger partial charge in [0.2, 0.25) is 0 Å². The number of halogens is 1. The molecule has 3 aromatic rings. The molecule has 0 spiro atoms. The van der Waals surface area contributed by atoms with Crippen LogP contribution in [-0.4, -0.2) is 18.7 Å². The van der Waals surface area contributed by atoms with Crippen LogP contribution in [0.25, 0.3) is 0 Å². The van der Waals surface area contributed by atoms with Crippen molar-refractivity contribution in [3.63, 3.8) is 0 Å². The van der Waals surface area contributed by atoms with E-state index in [0.29, 0.717) is 22.7 Å². The summed E-state index contributed by atoms with van der Waals surface area (Å²) in [6.07, 6.45) is 0. The molecule has 4 nitrogen and oxygen atoms in total. The van der Waals surface area contributed by atoms with Gasteiger partial charge in [-0.05, 0) is 55.5 Å². The molecule has 6 heteroatoms. The van der Waals surface area contributed by atoms with Crippen LogP contribution in [0.1, 0.15) is 23.7 Å². The van der Waals surface area contributed by atoms with E-state index >= 15 is 0 Å². The van der Waals surface area contributed by atoms with Gasteiger partial charge in [0.05, 0.1) is 19.4 Å². The molecule has 0 saturated heterocycles. The molecule has 148 valence electrons. The minimum Gasteiger partial charge on any atom is -0.497 e. The molecule has 29 heavy (non-hydrogen) atoms. The highest BCUT2D eigenvalue weighted by molar-refractivity contribution is 9.08. The SMILES string of the molecule is CCOP(=O)(c1ccccc1)c1cc(C#Cc2ccc(OC)cc2)cc(CBr)n1. The Kier molecular flexibility index (Phi) is 7.28. The number of aromatic nitrogens is 1. The van der Waals surface area contributed by atoms with Gasteiger partial charge in [0.15, 0.2) is 0 Å². The Hall–Kier alpha value is -2.38. The van der Waals surface area contributed by atoms with Gasteiger partial charge in [0, 0.05) is 21.8 Å². The van der Waals surface area contributed by atoms with Crippen molar-refractivity contribution in [2.45, 2.75) is 12.3 Å². The number of hydrogen-bond acceptors (Lipinski definition) is 4. The minimum absolute atomic E-state index is 0.319. The monoisotopic (exact) mass is 469 g/mol. The number of methoxy groups -OCH3 is 1. The van der Waals surface area contributed by atoms with Crippen LogP contribution in [0.5, 0.6) is 5.75 Å². The van der Waals surface area contributed by atoms with E-state index in [9.17, 15) is 4.57 Å². The van der Waals surface area contributed by atoms with Crippen molar-refractivity contribution < 1.29 is 13.8 Å². The second kappa shape index (κ2) is 9.89. The predicted octanol–water partition coefficient (Wildman–Crippen LogP) is 4.65. The zero-order chi connectivity index (χ0) is 20.7. The molecule has 1 heterocycles. The lowest BCUT2D eigenvalue weighted by Crippen LogP contribution is -2.22. The van der Waals surface area contributed by atoms with Gasteiger partial charge >= 0.3 is 0 Å². The maximum Gasteiger partial charge on any atom is 0.279 e. The Morgan fingerprint density at radius 3 is 2.31 bits per heavy atom. The molecule has 0 bridgehead atoms. The van der Waals surface area contributed by atoms with E-state index in [1.165, 1.54) is 0 Å². The first-order valence-corrected chi connectivity index (χ1v) is 11.9. The highest BCUT2D eigenvalue weighted by Gasteiger charge is 2.30. The topological polar surface area (TPSA) is 48.4 Å². The number of nitrogens with zero attached hydrogens (tertiary/aromatic N) is 1. The van der Waals surface area contributed by atoms with E-state index in [1.54, 1.807) is 13.2 Å². The van der Waals surface area contributed by atoms with E-state index in [-0.39, 0.29) is 0 Å². The highest BCUT2D eigenvalue weighted by atomic mass is 79.9. The summed E-state index contributed by atoms with van der Waals surface area (Å²) >= 11 is 3.44. The molecule has 1 unspecified atom stereocenters. The summed E-state index contributed by atoms with van der Waals surface area (Å²) in [5.41, 5.74) is 2.75. The number of hydrogen-bond donors (Lipinski definition) is 0. The zero-order valence-corrected chi connectivity index (χ0v) is 18.7. The minimum atomic E-state index is -3.31. The summed E-state index contributed by atoms with van der Waals surface area (Å²) in [7, 11) is -1.68. The molecule has 0 N–H and O–H groups in total. The third kappa shape index (κ3) is 5.16. The number of pyridine rings is 1. The molecule has 0 aliphatic heterocycles. The van der Waals surface area contributed by atoms with Gasteiger partial charge in [-0.15, -0.1) is 0 Å². The smallest absolute Gasteiger partial charge is 0.279 e. The summed E-state index contributed by atoms with van der Waals surface area (Å²) in [4.78, 5) is 4.58. The predicted molar refractivity (Wildman–Crippen MR) is 121 cm³/mol. The fraction of sp³-hybridized carbons (Fsp3) is 0.174. The first-order chi connectivity index (χ1) is 14.1. The lowest BCUT2D eigenvalue weighted by molar-refractivity contribution is 0.347. The Bertz CT molecular complexity index is 1070. The van der Waals surface area contributed by atoms with Gasteiger partial charge in [0.25, 0.3) is 7.37 Å². The molecule has 0 fully saturated rings. The van der Waals surface area contributed by atoms with Crippen molar-refractivity contribution in [1.82, 2.24) is 4.98 Å². The average Bonchev–Trinajstić information content (AvgIpc) is 2.78. The van der Waals surface area contributed by atoms with E-state index in [4.69, 9.17) is 9.26 Å². The average molecular weight is 470 g/mol. The molecular formula is C23H21BrNO3P. The standard InChI is InChI=1S/C23H21BrNO3P/c1-3-28-29(26,22-7-5-4-6-8-22)23-16-19(15-20(17-24)25-23)10-9-18-11-13-21(27-2)14-12-18/h4-8,11-16H,3,17H2,1-2H3. The second-order valence-corrected chi connectivity index (χ2v) is 9.02. The van der Waals surface area contributed by atoms with Crippen molar-refractivity contribution in [3.05, 3.63) is 83.6 Å². The molecule has 0 aliphatic carbocycles. The van der Waals surface area contributed by atoms with Crippen LogP contribution >= 0.6 is 23.3 Å². The van der Waals surface area contributed by atoms with Crippen LogP contribution in [0.4, 0.5) is 0 Å². The number of rotatable bonds is 6. The normalized spacial score (nSPS) is 12.5.